The van der Waals surface area contributed by atoms with Crippen molar-refractivity contribution in [3.8, 4) is 11.4 Å². The monoisotopic (exact) mass is 555 g/mol. The van der Waals surface area contributed by atoms with Gasteiger partial charge < -0.3 is 9.47 Å². The maximum Gasteiger partial charge on any atom is 0.356 e. The van der Waals surface area contributed by atoms with Gasteiger partial charge in [0.15, 0.2) is 17.4 Å². The normalized spacial score (nSPS) is 13.4. The molecule has 0 unspecified atom stereocenters. The number of benzene rings is 2. The minimum atomic E-state index is -0.981. The summed E-state index contributed by atoms with van der Waals surface area (Å²) in [5.74, 6) is -4.29. The van der Waals surface area contributed by atoms with Crippen molar-refractivity contribution in [3.05, 3.63) is 107 Å². The average molecular weight is 555 g/mol. The van der Waals surface area contributed by atoms with Gasteiger partial charge in [0.05, 0.1) is 23.9 Å². The SMILES string of the molecule is COC(=O)c1ccc(-n2cccn2)c([C@H](C)Oc2cc3cc(F)cc(F)c3nc2N2C(=O)c3ccccc3C2=O)n1. The molecule has 0 N–H and O–H groups in total. The molecule has 0 saturated carbocycles. The van der Waals surface area contributed by atoms with Crippen LogP contribution < -0.4 is 9.64 Å². The maximum absolute atomic E-state index is 14.8. The molecule has 0 radical (unpaired) electrons. The van der Waals surface area contributed by atoms with Crippen molar-refractivity contribution in [2.24, 2.45) is 0 Å². The summed E-state index contributed by atoms with van der Waals surface area (Å²) in [7, 11) is 1.22. The number of fused-ring (bicyclic) bond motifs is 2. The average Bonchev–Trinajstić information content (AvgIpc) is 3.59. The molecule has 0 fully saturated rings. The lowest BCUT2D eigenvalue weighted by molar-refractivity contribution is 0.0592. The van der Waals surface area contributed by atoms with Gasteiger partial charge in [0, 0.05) is 23.8 Å². The fourth-order valence-electron chi connectivity index (χ4n) is 4.65. The molecular weight excluding hydrogens is 536 g/mol. The van der Waals surface area contributed by atoms with Crippen LogP contribution in [0.4, 0.5) is 14.6 Å². The lowest BCUT2D eigenvalue weighted by atomic mass is 10.1. The van der Waals surface area contributed by atoms with Crippen LogP contribution in [0.15, 0.2) is 73.1 Å². The van der Waals surface area contributed by atoms with Crippen molar-refractivity contribution in [1.82, 2.24) is 19.7 Å². The van der Waals surface area contributed by atoms with E-state index in [4.69, 9.17) is 9.47 Å². The smallest absolute Gasteiger partial charge is 0.356 e. The molecule has 10 nitrogen and oxygen atoms in total. The number of hydrogen-bond donors (Lipinski definition) is 0. The van der Waals surface area contributed by atoms with E-state index in [0.29, 0.717) is 11.8 Å². The lowest BCUT2D eigenvalue weighted by Gasteiger charge is -2.22. The highest BCUT2D eigenvalue weighted by atomic mass is 19.1. The predicted octanol–water partition coefficient (Wildman–Crippen LogP) is 4.82. The molecule has 204 valence electrons. The Balaban J connectivity index is 1.50. The van der Waals surface area contributed by atoms with Crippen LogP contribution in [0.2, 0.25) is 0 Å². The standard InChI is InChI=1S/C29H19F2N5O5/c1-15(24-22(35-11-5-10-32-35)9-8-21(33-24)29(39)40-2)41-23-13-16-12-17(30)14-20(31)25(16)34-26(23)36-27(37)18-6-3-4-7-19(18)28(36)38/h3-15H,1-2H3/t15-/m0/s1. The van der Waals surface area contributed by atoms with Crippen molar-refractivity contribution in [1.29, 1.82) is 0 Å². The summed E-state index contributed by atoms with van der Waals surface area (Å²) in [6.45, 7) is 1.61. The van der Waals surface area contributed by atoms with E-state index in [-0.39, 0.29) is 45.0 Å². The van der Waals surface area contributed by atoms with Crippen molar-refractivity contribution >= 4 is 34.5 Å². The minimum Gasteiger partial charge on any atom is -0.480 e. The fourth-order valence-corrected chi connectivity index (χ4v) is 4.65. The number of hydrogen-bond acceptors (Lipinski definition) is 8. The van der Waals surface area contributed by atoms with Gasteiger partial charge in [0.2, 0.25) is 0 Å². The predicted molar refractivity (Wildman–Crippen MR) is 141 cm³/mol. The molecule has 0 aliphatic carbocycles. The number of rotatable bonds is 6. The Kier molecular flexibility index (Phi) is 6.22. The first kappa shape index (κ1) is 25.7. The van der Waals surface area contributed by atoms with Crippen LogP contribution in [0.25, 0.3) is 16.6 Å². The third-order valence-electron chi connectivity index (χ3n) is 6.53. The molecule has 2 aromatic carbocycles. The molecule has 12 heteroatoms. The van der Waals surface area contributed by atoms with Crippen molar-refractivity contribution in [2.75, 3.05) is 12.0 Å². The van der Waals surface area contributed by atoms with E-state index >= 15 is 0 Å². The molecule has 0 saturated heterocycles. The van der Waals surface area contributed by atoms with E-state index in [0.717, 1.165) is 11.0 Å². The van der Waals surface area contributed by atoms with E-state index in [9.17, 15) is 23.2 Å². The van der Waals surface area contributed by atoms with Crippen LogP contribution in [0.1, 0.15) is 49.9 Å². The first-order valence-corrected chi connectivity index (χ1v) is 12.3. The topological polar surface area (TPSA) is 117 Å². The van der Waals surface area contributed by atoms with Crippen LogP contribution in [0, 0.1) is 11.6 Å². The second-order valence-corrected chi connectivity index (χ2v) is 9.06. The van der Waals surface area contributed by atoms with Crippen molar-refractivity contribution in [2.45, 2.75) is 13.0 Å². The minimum absolute atomic E-state index is 0.00444. The Morgan fingerprint density at radius 3 is 2.34 bits per heavy atom. The van der Waals surface area contributed by atoms with Gasteiger partial charge in [-0.05, 0) is 49.4 Å². The van der Waals surface area contributed by atoms with Crippen LogP contribution in [-0.4, -0.2) is 44.6 Å². The number of methoxy groups -OCH3 is 1. The number of amides is 2. The highest BCUT2D eigenvalue weighted by Crippen LogP contribution is 2.39. The molecule has 3 aromatic heterocycles. The number of carbonyl (C=O) groups is 3. The Hall–Kier alpha value is -5.52. The van der Waals surface area contributed by atoms with Gasteiger partial charge >= 0.3 is 5.97 Å². The summed E-state index contributed by atoms with van der Waals surface area (Å²) in [6.07, 6.45) is 2.27. The molecule has 41 heavy (non-hydrogen) atoms. The zero-order chi connectivity index (χ0) is 28.8. The Morgan fingerprint density at radius 1 is 0.951 bits per heavy atom. The van der Waals surface area contributed by atoms with E-state index in [2.05, 4.69) is 15.1 Å². The number of anilines is 1. The summed E-state index contributed by atoms with van der Waals surface area (Å²) >= 11 is 0. The van der Waals surface area contributed by atoms with Crippen molar-refractivity contribution in [3.63, 3.8) is 0 Å². The number of pyridine rings is 2. The first-order valence-electron chi connectivity index (χ1n) is 12.3. The number of halogens is 2. The van der Waals surface area contributed by atoms with E-state index in [1.807, 2.05) is 0 Å². The van der Waals surface area contributed by atoms with E-state index in [1.54, 1.807) is 43.6 Å². The zero-order valence-electron chi connectivity index (χ0n) is 21.5. The summed E-state index contributed by atoms with van der Waals surface area (Å²) in [6, 6.07) is 14.0. The number of carbonyl (C=O) groups excluding carboxylic acids is 3. The summed E-state index contributed by atoms with van der Waals surface area (Å²) in [5, 5.41) is 4.26. The fraction of sp³-hybridized carbons (Fsp3) is 0.103. The molecule has 0 spiro atoms. The highest BCUT2D eigenvalue weighted by Gasteiger charge is 2.39. The number of ether oxygens (including phenoxy) is 2. The van der Waals surface area contributed by atoms with Gasteiger partial charge in [0.1, 0.15) is 28.8 Å². The lowest BCUT2D eigenvalue weighted by Crippen LogP contribution is -2.31. The molecule has 4 heterocycles. The number of nitrogens with zero attached hydrogens (tertiary/aromatic N) is 5. The molecule has 5 aromatic rings. The van der Waals surface area contributed by atoms with Crippen LogP contribution >= 0.6 is 0 Å². The van der Waals surface area contributed by atoms with E-state index < -0.39 is 35.5 Å². The van der Waals surface area contributed by atoms with Gasteiger partial charge in [0.25, 0.3) is 11.8 Å². The van der Waals surface area contributed by atoms with Crippen molar-refractivity contribution < 1.29 is 32.6 Å². The molecule has 6 rings (SSSR count). The van der Waals surface area contributed by atoms with Crippen LogP contribution in [-0.2, 0) is 4.74 Å². The van der Waals surface area contributed by atoms with Crippen LogP contribution in [0.5, 0.6) is 5.75 Å². The second-order valence-electron chi connectivity index (χ2n) is 9.06. The van der Waals surface area contributed by atoms with E-state index in [1.165, 1.54) is 36.1 Å². The Bertz CT molecular complexity index is 1840. The molecular formula is C29H19F2N5O5. The number of aromatic nitrogens is 4. The second kappa shape index (κ2) is 9.90. The van der Waals surface area contributed by atoms with Gasteiger partial charge in [-0.25, -0.2) is 33.1 Å². The van der Waals surface area contributed by atoms with Gasteiger partial charge in [-0.3, -0.25) is 9.59 Å². The summed E-state index contributed by atoms with van der Waals surface area (Å²) in [4.78, 5) is 48.4. The highest BCUT2D eigenvalue weighted by molar-refractivity contribution is 6.34. The number of imide groups is 1. The zero-order valence-corrected chi connectivity index (χ0v) is 21.5. The molecule has 2 amide bonds. The first-order chi connectivity index (χ1) is 19.8. The molecule has 1 aliphatic heterocycles. The molecule has 1 atom stereocenters. The van der Waals surface area contributed by atoms with Crippen LogP contribution in [0.3, 0.4) is 0 Å². The quantitative estimate of drug-likeness (QED) is 0.216. The Labute approximate surface area is 230 Å². The molecule has 0 bridgehead atoms. The summed E-state index contributed by atoms with van der Waals surface area (Å²) in [5.41, 5.74) is 0.729. The maximum atomic E-state index is 14.8. The molecule has 1 aliphatic rings. The third kappa shape index (κ3) is 4.35. The number of esters is 1. The van der Waals surface area contributed by atoms with Gasteiger partial charge in [-0.1, -0.05) is 12.1 Å². The van der Waals surface area contributed by atoms with Gasteiger partial charge in [-0.15, -0.1) is 0 Å². The third-order valence-corrected chi connectivity index (χ3v) is 6.53. The summed E-state index contributed by atoms with van der Waals surface area (Å²) < 4.78 is 41.5. The Morgan fingerprint density at radius 2 is 1.68 bits per heavy atom. The van der Waals surface area contributed by atoms with Gasteiger partial charge in [-0.2, -0.15) is 5.10 Å². The largest absolute Gasteiger partial charge is 0.480 e.